The molecule has 17 heavy (non-hydrogen) atoms. The van der Waals surface area contributed by atoms with Gasteiger partial charge in [-0.25, -0.2) is 4.98 Å². The number of pyridine rings is 1. The fourth-order valence-corrected chi connectivity index (χ4v) is 1.86. The van der Waals surface area contributed by atoms with Crippen LogP contribution in [-0.2, 0) is 19.9 Å². The van der Waals surface area contributed by atoms with Crippen LogP contribution in [0.15, 0.2) is 24.4 Å². The molecule has 0 atom stereocenters. The summed E-state index contributed by atoms with van der Waals surface area (Å²) >= 11 is 0. The van der Waals surface area contributed by atoms with E-state index in [1.165, 1.54) is 0 Å². The van der Waals surface area contributed by atoms with Gasteiger partial charge in [0.05, 0.1) is 0 Å². The van der Waals surface area contributed by atoms with Gasteiger partial charge in [0, 0.05) is 24.6 Å². The third kappa shape index (κ3) is 2.41. The van der Waals surface area contributed by atoms with Crippen molar-refractivity contribution >= 4 is 6.29 Å². The van der Waals surface area contributed by atoms with Gasteiger partial charge in [-0.3, -0.25) is 9.78 Å². The first kappa shape index (κ1) is 11.5. The Hall–Kier alpha value is -1.97. The lowest BCUT2D eigenvalue weighted by Crippen LogP contribution is -2.03. The summed E-state index contributed by atoms with van der Waals surface area (Å²) in [6, 6.07) is 5.86. The number of aromatic nitrogens is 3. The van der Waals surface area contributed by atoms with Crippen LogP contribution in [0, 0.1) is 6.92 Å². The molecule has 0 N–H and O–H groups in total. The lowest BCUT2D eigenvalue weighted by atomic mass is 10.1. The summed E-state index contributed by atoms with van der Waals surface area (Å²) in [5.74, 6) is 0.864. The Bertz CT molecular complexity index is 517. The minimum absolute atomic E-state index is 0.543. The molecular formula is C13H15N3O. The van der Waals surface area contributed by atoms with Gasteiger partial charge in [-0.15, -0.1) is 0 Å². The molecule has 2 aromatic heterocycles. The summed E-state index contributed by atoms with van der Waals surface area (Å²) in [5, 5.41) is 0. The molecule has 88 valence electrons. The first-order valence-electron chi connectivity index (χ1n) is 5.59. The number of aryl methyl sites for hydroxylation is 2. The Morgan fingerprint density at radius 1 is 1.35 bits per heavy atom. The van der Waals surface area contributed by atoms with Crippen molar-refractivity contribution in [3.8, 4) is 0 Å². The number of nitrogens with zero attached hydrogens (tertiary/aromatic N) is 3. The van der Waals surface area contributed by atoms with Gasteiger partial charge in [0.1, 0.15) is 11.5 Å². The smallest absolute Gasteiger partial charge is 0.170 e. The van der Waals surface area contributed by atoms with Crippen molar-refractivity contribution in [2.24, 2.45) is 7.05 Å². The number of imidazole rings is 1. The molecule has 2 aromatic rings. The molecule has 0 radical (unpaired) electrons. The Kier molecular flexibility index (Phi) is 3.32. The zero-order chi connectivity index (χ0) is 12.3. The van der Waals surface area contributed by atoms with Crippen molar-refractivity contribution in [2.75, 3.05) is 0 Å². The van der Waals surface area contributed by atoms with E-state index in [1.807, 2.05) is 36.7 Å². The molecule has 2 rings (SSSR count). The number of carbonyl (C=O) groups is 1. The standard InChI is InChI=1S/C13H15N3O/c1-10-15-12(9-17)13(16(10)2)7-6-11-5-3-4-8-14-11/h3-5,8-9H,6-7H2,1-2H3. The summed E-state index contributed by atoms with van der Waals surface area (Å²) in [7, 11) is 1.93. The van der Waals surface area contributed by atoms with E-state index < -0.39 is 0 Å². The van der Waals surface area contributed by atoms with Crippen LogP contribution in [0.4, 0.5) is 0 Å². The molecule has 0 aliphatic rings. The predicted molar refractivity (Wildman–Crippen MR) is 65.0 cm³/mol. The number of carbonyl (C=O) groups excluding carboxylic acids is 1. The topological polar surface area (TPSA) is 47.8 Å². The highest BCUT2D eigenvalue weighted by atomic mass is 16.1. The lowest BCUT2D eigenvalue weighted by Gasteiger charge is -2.04. The number of hydrogen-bond acceptors (Lipinski definition) is 3. The van der Waals surface area contributed by atoms with Crippen molar-refractivity contribution in [3.63, 3.8) is 0 Å². The Morgan fingerprint density at radius 2 is 2.18 bits per heavy atom. The minimum atomic E-state index is 0.543. The van der Waals surface area contributed by atoms with Gasteiger partial charge in [0.25, 0.3) is 0 Å². The highest BCUT2D eigenvalue weighted by molar-refractivity contribution is 5.73. The Labute approximate surface area is 100 Å². The molecule has 0 unspecified atom stereocenters. The van der Waals surface area contributed by atoms with Gasteiger partial charge in [-0.05, 0) is 31.9 Å². The number of rotatable bonds is 4. The largest absolute Gasteiger partial charge is 0.335 e. The third-order valence-electron chi connectivity index (χ3n) is 2.92. The van der Waals surface area contributed by atoms with E-state index in [1.54, 1.807) is 6.20 Å². The molecule has 0 fully saturated rings. The molecule has 0 bridgehead atoms. The number of aldehydes is 1. The van der Waals surface area contributed by atoms with Gasteiger partial charge in [0.2, 0.25) is 0 Å². The van der Waals surface area contributed by atoms with Crippen molar-refractivity contribution in [1.82, 2.24) is 14.5 Å². The van der Waals surface area contributed by atoms with Crippen molar-refractivity contribution < 1.29 is 4.79 Å². The van der Waals surface area contributed by atoms with Crippen LogP contribution in [-0.4, -0.2) is 20.8 Å². The van der Waals surface area contributed by atoms with Gasteiger partial charge in [0.15, 0.2) is 6.29 Å². The molecule has 4 nitrogen and oxygen atoms in total. The van der Waals surface area contributed by atoms with Gasteiger partial charge < -0.3 is 4.57 Å². The van der Waals surface area contributed by atoms with Crippen LogP contribution in [0.1, 0.15) is 27.7 Å². The molecule has 0 aliphatic heterocycles. The second-order valence-corrected chi connectivity index (χ2v) is 3.99. The maximum absolute atomic E-state index is 10.9. The third-order valence-corrected chi connectivity index (χ3v) is 2.92. The van der Waals surface area contributed by atoms with Crippen LogP contribution in [0.2, 0.25) is 0 Å². The molecule has 2 heterocycles. The first-order valence-corrected chi connectivity index (χ1v) is 5.59. The summed E-state index contributed by atoms with van der Waals surface area (Å²) < 4.78 is 1.96. The summed E-state index contributed by atoms with van der Waals surface area (Å²) in [5.41, 5.74) is 2.55. The van der Waals surface area contributed by atoms with E-state index in [-0.39, 0.29) is 0 Å². The highest BCUT2D eigenvalue weighted by Crippen LogP contribution is 2.11. The molecule has 0 amide bonds. The van der Waals surface area contributed by atoms with E-state index in [9.17, 15) is 4.79 Å². The molecular weight excluding hydrogens is 214 g/mol. The van der Waals surface area contributed by atoms with E-state index in [4.69, 9.17) is 0 Å². The minimum Gasteiger partial charge on any atom is -0.335 e. The van der Waals surface area contributed by atoms with Crippen LogP contribution in [0.25, 0.3) is 0 Å². The normalized spacial score (nSPS) is 10.5. The maximum atomic E-state index is 10.9. The fourth-order valence-electron chi connectivity index (χ4n) is 1.86. The quantitative estimate of drug-likeness (QED) is 0.750. The summed E-state index contributed by atoms with van der Waals surface area (Å²) in [6.07, 6.45) is 4.20. The Morgan fingerprint density at radius 3 is 2.82 bits per heavy atom. The van der Waals surface area contributed by atoms with Crippen LogP contribution < -0.4 is 0 Å². The summed E-state index contributed by atoms with van der Waals surface area (Å²) in [4.78, 5) is 19.4. The SMILES string of the molecule is Cc1nc(C=O)c(CCc2ccccn2)n1C. The van der Waals surface area contributed by atoms with Crippen LogP contribution in [0.5, 0.6) is 0 Å². The zero-order valence-electron chi connectivity index (χ0n) is 10.1. The highest BCUT2D eigenvalue weighted by Gasteiger charge is 2.11. The van der Waals surface area contributed by atoms with E-state index >= 15 is 0 Å². The zero-order valence-corrected chi connectivity index (χ0v) is 10.1. The molecule has 0 saturated carbocycles. The number of hydrogen-bond donors (Lipinski definition) is 0. The van der Waals surface area contributed by atoms with Gasteiger partial charge in [-0.1, -0.05) is 6.07 Å². The molecule has 4 heteroatoms. The van der Waals surface area contributed by atoms with Crippen molar-refractivity contribution in [2.45, 2.75) is 19.8 Å². The molecule has 0 saturated heterocycles. The molecule has 0 aromatic carbocycles. The van der Waals surface area contributed by atoms with Gasteiger partial charge in [-0.2, -0.15) is 0 Å². The van der Waals surface area contributed by atoms with Crippen molar-refractivity contribution in [3.05, 3.63) is 47.3 Å². The lowest BCUT2D eigenvalue weighted by molar-refractivity contribution is 0.111. The second kappa shape index (κ2) is 4.91. The average Bonchev–Trinajstić information content (AvgIpc) is 2.64. The van der Waals surface area contributed by atoms with Gasteiger partial charge >= 0.3 is 0 Å². The predicted octanol–water partition coefficient (Wildman–Crippen LogP) is 1.72. The second-order valence-electron chi connectivity index (χ2n) is 3.99. The van der Waals surface area contributed by atoms with E-state index in [0.717, 1.165) is 36.3 Å². The van der Waals surface area contributed by atoms with E-state index in [0.29, 0.717) is 5.69 Å². The average molecular weight is 229 g/mol. The van der Waals surface area contributed by atoms with Crippen molar-refractivity contribution in [1.29, 1.82) is 0 Å². The van der Waals surface area contributed by atoms with Crippen LogP contribution >= 0.6 is 0 Å². The Balaban J connectivity index is 2.16. The molecule has 0 spiro atoms. The summed E-state index contributed by atoms with van der Waals surface area (Å²) in [6.45, 7) is 1.90. The fraction of sp³-hybridized carbons (Fsp3) is 0.308. The molecule has 0 aliphatic carbocycles. The monoisotopic (exact) mass is 229 g/mol. The van der Waals surface area contributed by atoms with Crippen LogP contribution in [0.3, 0.4) is 0 Å². The first-order chi connectivity index (χ1) is 8.22. The maximum Gasteiger partial charge on any atom is 0.170 e. The van der Waals surface area contributed by atoms with E-state index in [2.05, 4.69) is 9.97 Å².